The lowest BCUT2D eigenvalue weighted by molar-refractivity contribution is 0.205. The van der Waals surface area contributed by atoms with E-state index in [0.717, 1.165) is 0 Å². The smallest absolute Gasteiger partial charge is 0.427 e. The van der Waals surface area contributed by atoms with E-state index < -0.39 is 15.3 Å². The molecule has 0 unspecified atom stereocenters. The van der Waals surface area contributed by atoms with Crippen LogP contribution in [0.25, 0.3) is 0 Å². The number of benzene rings is 1. The maximum Gasteiger partial charge on any atom is 0.427 e. The highest BCUT2D eigenvalue weighted by Crippen LogP contribution is 2.27. The number of nitriles is 1. The summed E-state index contributed by atoms with van der Waals surface area (Å²) in [6.45, 7) is 0. The van der Waals surface area contributed by atoms with E-state index in [2.05, 4.69) is 4.74 Å². The lowest BCUT2D eigenvalue weighted by Crippen LogP contribution is -2.29. The molecule has 0 aliphatic carbocycles. The minimum atomic E-state index is -4.22. The summed E-state index contributed by atoms with van der Waals surface area (Å²) in [5.74, 6) is 0.0606. The Kier molecular flexibility index (Phi) is 4.36. The van der Waals surface area contributed by atoms with Crippen LogP contribution in [0.5, 0.6) is 11.5 Å². The lowest BCUT2D eigenvalue weighted by atomic mass is 10.2. The van der Waals surface area contributed by atoms with Crippen LogP contribution in [0.2, 0.25) is 0 Å². The van der Waals surface area contributed by atoms with E-state index in [1.807, 2.05) is 6.07 Å². The topological polar surface area (TPSA) is 105 Å². The fourth-order valence-corrected chi connectivity index (χ4v) is 1.47. The largest absolute Gasteiger partial charge is 0.493 e. The number of halogens is 1. The number of carbonyl (C=O) groups is 1. The molecule has 0 heterocycles. The second-order valence-corrected chi connectivity index (χ2v) is 5.21. The summed E-state index contributed by atoms with van der Waals surface area (Å²) < 4.78 is 32.1. The van der Waals surface area contributed by atoms with Crippen LogP contribution in [0.1, 0.15) is 5.56 Å². The molecule has 0 radical (unpaired) electrons. The normalized spacial score (nSPS) is 10.3. The molecule has 0 spiro atoms. The number of carbonyl (C=O) groups excluding carboxylic acids is 1. The van der Waals surface area contributed by atoms with E-state index in [-0.39, 0.29) is 11.5 Å². The molecule has 0 aliphatic rings. The van der Waals surface area contributed by atoms with E-state index in [0.29, 0.717) is 5.56 Å². The standard InChI is InChI=1S/C9H7ClN2O5S/c1-16-8-4-6(5-11)2-3-7(8)17-9(13)12-18(10,14)15/h2-4H,1H3,(H,12,13). The van der Waals surface area contributed by atoms with Crippen LogP contribution in [0, 0.1) is 11.3 Å². The van der Waals surface area contributed by atoms with Crippen LogP contribution in [-0.2, 0) is 9.24 Å². The second kappa shape index (κ2) is 5.57. The molecule has 0 saturated carbocycles. The number of hydrogen-bond acceptors (Lipinski definition) is 6. The number of methoxy groups -OCH3 is 1. The van der Waals surface area contributed by atoms with E-state index in [9.17, 15) is 13.2 Å². The van der Waals surface area contributed by atoms with Gasteiger partial charge in [-0.25, -0.2) is 9.52 Å². The van der Waals surface area contributed by atoms with Crippen molar-refractivity contribution in [3.05, 3.63) is 23.8 Å². The Morgan fingerprint density at radius 2 is 2.11 bits per heavy atom. The minimum Gasteiger partial charge on any atom is -0.493 e. The first kappa shape index (κ1) is 14.1. The number of hydrogen-bond donors (Lipinski definition) is 1. The highest BCUT2D eigenvalue weighted by atomic mass is 35.7. The molecule has 0 saturated heterocycles. The average Bonchev–Trinajstić information content (AvgIpc) is 2.27. The van der Waals surface area contributed by atoms with Gasteiger partial charge in [-0.2, -0.15) is 13.7 Å². The number of ether oxygens (including phenoxy) is 2. The fraction of sp³-hybridized carbons (Fsp3) is 0.111. The number of nitrogens with one attached hydrogen (secondary N) is 1. The van der Waals surface area contributed by atoms with Gasteiger partial charge in [0.15, 0.2) is 11.5 Å². The Bertz CT molecular complexity index is 608. The van der Waals surface area contributed by atoms with Gasteiger partial charge >= 0.3 is 15.3 Å². The van der Waals surface area contributed by atoms with E-state index in [4.69, 9.17) is 20.7 Å². The van der Waals surface area contributed by atoms with Gasteiger partial charge < -0.3 is 9.47 Å². The SMILES string of the molecule is COc1cc(C#N)ccc1OC(=O)NS(=O)(=O)Cl. The zero-order chi connectivity index (χ0) is 13.8. The van der Waals surface area contributed by atoms with Crippen LogP contribution in [-0.4, -0.2) is 21.6 Å². The molecule has 0 bridgehead atoms. The van der Waals surface area contributed by atoms with Crippen molar-refractivity contribution in [2.45, 2.75) is 0 Å². The molecule has 1 N–H and O–H groups in total. The van der Waals surface area contributed by atoms with Crippen molar-refractivity contribution in [3.8, 4) is 17.6 Å². The molecular formula is C9H7ClN2O5S. The van der Waals surface area contributed by atoms with Crippen molar-refractivity contribution in [1.29, 1.82) is 5.26 Å². The summed E-state index contributed by atoms with van der Waals surface area (Å²) in [6, 6.07) is 5.86. The molecule has 1 aromatic carbocycles. The first-order valence-corrected chi connectivity index (χ1v) is 6.69. The van der Waals surface area contributed by atoms with E-state index in [1.165, 1.54) is 30.0 Å². The van der Waals surface area contributed by atoms with Gasteiger partial charge in [-0.1, -0.05) is 0 Å². The first-order chi connectivity index (χ1) is 8.35. The van der Waals surface area contributed by atoms with Gasteiger partial charge in [-0.3, -0.25) is 0 Å². The predicted molar refractivity (Wildman–Crippen MR) is 61.6 cm³/mol. The molecule has 0 aliphatic heterocycles. The molecular weight excluding hydrogens is 284 g/mol. The number of nitrogens with zero attached hydrogens (tertiary/aromatic N) is 1. The van der Waals surface area contributed by atoms with Gasteiger partial charge in [0.25, 0.3) is 0 Å². The van der Waals surface area contributed by atoms with E-state index in [1.54, 1.807) is 0 Å². The van der Waals surface area contributed by atoms with Crippen molar-refractivity contribution in [2.24, 2.45) is 0 Å². The Balaban J connectivity index is 2.92. The monoisotopic (exact) mass is 290 g/mol. The van der Waals surface area contributed by atoms with Crippen LogP contribution in [0.3, 0.4) is 0 Å². The van der Waals surface area contributed by atoms with Gasteiger partial charge in [-0.15, -0.1) is 0 Å². The van der Waals surface area contributed by atoms with E-state index >= 15 is 0 Å². The second-order valence-electron chi connectivity index (χ2n) is 2.91. The molecule has 0 atom stereocenters. The van der Waals surface area contributed by atoms with Crippen LogP contribution in [0.15, 0.2) is 18.2 Å². The first-order valence-electron chi connectivity index (χ1n) is 4.38. The highest BCUT2D eigenvalue weighted by Gasteiger charge is 2.15. The summed E-state index contributed by atoms with van der Waals surface area (Å²) in [5, 5.41) is 8.66. The molecule has 18 heavy (non-hydrogen) atoms. The Hall–Kier alpha value is -1.98. The third-order valence-electron chi connectivity index (χ3n) is 1.70. The minimum absolute atomic E-state index is 0.0469. The molecule has 1 aromatic rings. The Morgan fingerprint density at radius 3 is 2.61 bits per heavy atom. The maximum atomic E-state index is 11.1. The third kappa shape index (κ3) is 4.12. The summed E-state index contributed by atoms with van der Waals surface area (Å²) in [4.78, 5) is 11.1. The predicted octanol–water partition coefficient (Wildman–Crippen LogP) is 1.14. The Labute approximate surface area is 107 Å². The van der Waals surface area contributed by atoms with Crippen LogP contribution < -0.4 is 14.2 Å². The van der Waals surface area contributed by atoms with Gasteiger partial charge in [0.05, 0.1) is 18.7 Å². The molecule has 1 amide bonds. The van der Waals surface area contributed by atoms with Crippen molar-refractivity contribution in [2.75, 3.05) is 7.11 Å². The summed E-state index contributed by atoms with van der Waals surface area (Å²) in [5.41, 5.74) is 0.296. The van der Waals surface area contributed by atoms with Gasteiger partial charge in [0.1, 0.15) is 0 Å². The average molecular weight is 291 g/mol. The van der Waals surface area contributed by atoms with Gasteiger partial charge in [0.2, 0.25) is 0 Å². The summed E-state index contributed by atoms with van der Waals surface area (Å²) in [7, 11) is 1.89. The highest BCUT2D eigenvalue weighted by molar-refractivity contribution is 8.12. The van der Waals surface area contributed by atoms with Crippen molar-refractivity contribution in [3.63, 3.8) is 0 Å². The lowest BCUT2D eigenvalue weighted by Gasteiger charge is -2.08. The molecule has 1 rings (SSSR count). The van der Waals surface area contributed by atoms with Crippen molar-refractivity contribution >= 4 is 26.0 Å². The maximum absolute atomic E-state index is 11.1. The fourth-order valence-electron chi connectivity index (χ4n) is 1.04. The van der Waals surface area contributed by atoms with Crippen molar-refractivity contribution in [1.82, 2.24) is 4.72 Å². The molecule has 0 aromatic heterocycles. The third-order valence-corrected chi connectivity index (χ3v) is 2.34. The van der Waals surface area contributed by atoms with Crippen molar-refractivity contribution < 1.29 is 22.7 Å². The molecule has 9 heteroatoms. The Morgan fingerprint density at radius 1 is 1.44 bits per heavy atom. The summed E-state index contributed by atoms with van der Waals surface area (Å²) in [6.07, 6.45) is -1.28. The summed E-state index contributed by atoms with van der Waals surface area (Å²) >= 11 is 0. The zero-order valence-electron chi connectivity index (χ0n) is 9.01. The van der Waals surface area contributed by atoms with Crippen LogP contribution >= 0.6 is 10.7 Å². The number of rotatable bonds is 3. The quantitative estimate of drug-likeness (QED) is 0.837. The van der Waals surface area contributed by atoms with Gasteiger partial charge in [0, 0.05) is 16.7 Å². The molecule has 96 valence electrons. The zero-order valence-corrected chi connectivity index (χ0v) is 10.6. The van der Waals surface area contributed by atoms with Gasteiger partial charge in [-0.05, 0) is 12.1 Å². The molecule has 0 fully saturated rings. The number of amides is 1. The molecule has 7 nitrogen and oxygen atoms in total. The van der Waals surface area contributed by atoms with Crippen LogP contribution in [0.4, 0.5) is 4.79 Å².